The van der Waals surface area contributed by atoms with Crippen LogP contribution in [0.25, 0.3) is 0 Å². The number of amides is 2. The topological polar surface area (TPSA) is 108 Å². The minimum atomic E-state index is -3.79. The number of carbonyl (C=O) groups is 2. The van der Waals surface area contributed by atoms with Gasteiger partial charge in [-0.15, -0.1) is 0 Å². The maximum absolute atomic E-state index is 12.3. The predicted octanol–water partition coefficient (Wildman–Crippen LogP) is 0.402. The number of rotatable bonds is 10. The summed E-state index contributed by atoms with van der Waals surface area (Å²) in [5.41, 5.74) is 1.72. The molecule has 0 saturated heterocycles. The van der Waals surface area contributed by atoms with Crippen molar-refractivity contribution in [3.8, 4) is 0 Å². The van der Waals surface area contributed by atoms with Crippen LogP contribution in [-0.2, 0) is 19.6 Å². The van der Waals surface area contributed by atoms with E-state index in [1.165, 1.54) is 6.07 Å². The molecule has 1 aromatic carbocycles. The Morgan fingerprint density at radius 1 is 1.00 bits per heavy atom. The molecule has 28 heavy (non-hydrogen) atoms. The van der Waals surface area contributed by atoms with Crippen molar-refractivity contribution in [2.45, 2.75) is 32.6 Å². The van der Waals surface area contributed by atoms with Gasteiger partial charge in [-0.25, -0.2) is 13.1 Å². The molecule has 0 radical (unpaired) electrons. The molecule has 0 saturated carbocycles. The summed E-state index contributed by atoms with van der Waals surface area (Å²) in [6.45, 7) is 8.41. The normalized spacial score (nSPS) is 12.1. The maximum atomic E-state index is 12.3. The summed E-state index contributed by atoms with van der Waals surface area (Å²) in [6, 6.07) is 4.76. The lowest BCUT2D eigenvalue weighted by atomic mass is 9.93. The van der Waals surface area contributed by atoms with Gasteiger partial charge in [0.2, 0.25) is 21.8 Å². The standard InChI is InChI=1S/C19H32N4O4S/c1-14-7-8-16(9-15(14)2)28(26,27)22-11-18(25)20-10-17(24)21-12-19(3,4)13-23(5)6/h7-9,22H,10-13H2,1-6H3,(H,20,25)(H,21,24). The molecule has 1 aromatic rings. The van der Waals surface area contributed by atoms with E-state index in [-0.39, 0.29) is 22.8 Å². The molecule has 3 N–H and O–H groups in total. The molecule has 9 heteroatoms. The first-order chi connectivity index (χ1) is 12.8. The van der Waals surface area contributed by atoms with Crippen LogP contribution < -0.4 is 15.4 Å². The van der Waals surface area contributed by atoms with Gasteiger partial charge in [0.1, 0.15) is 0 Å². The smallest absolute Gasteiger partial charge is 0.241 e. The van der Waals surface area contributed by atoms with Crippen LogP contribution in [0.15, 0.2) is 23.1 Å². The molecule has 0 bridgehead atoms. The van der Waals surface area contributed by atoms with Gasteiger partial charge in [0.15, 0.2) is 0 Å². The van der Waals surface area contributed by atoms with Crippen LogP contribution in [0.3, 0.4) is 0 Å². The molecule has 0 spiro atoms. The van der Waals surface area contributed by atoms with E-state index in [9.17, 15) is 18.0 Å². The zero-order valence-electron chi connectivity index (χ0n) is 17.5. The second-order valence-electron chi connectivity index (χ2n) is 8.03. The van der Waals surface area contributed by atoms with Gasteiger partial charge in [-0.05, 0) is 56.6 Å². The highest BCUT2D eigenvalue weighted by Gasteiger charge is 2.20. The first-order valence-electron chi connectivity index (χ1n) is 9.07. The molecular weight excluding hydrogens is 380 g/mol. The van der Waals surface area contributed by atoms with Crippen LogP contribution in [0.5, 0.6) is 0 Å². The summed E-state index contributed by atoms with van der Waals surface area (Å²) in [7, 11) is 0.132. The fourth-order valence-electron chi connectivity index (χ4n) is 2.68. The summed E-state index contributed by atoms with van der Waals surface area (Å²) >= 11 is 0. The van der Waals surface area contributed by atoms with Crippen LogP contribution in [0, 0.1) is 19.3 Å². The lowest BCUT2D eigenvalue weighted by molar-refractivity contribution is -0.125. The van der Waals surface area contributed by atoms with Gasteiger partial charge in [0, 0.05) is 13.1 Å². The Morgan fingerprint density at radius 3 is 2.18 bits per heavy atom. The number of benzene rings is 1. The molecule has 1 rings (SSSR count). The fourth-order valence-corrected chi connectivity index (χ4v) is 3.75. The van der Waals surface area contributed by atoms with Crippen molar-refractivity contribution >= 4 is 21.8 Å². The zero-order chi connectivity index (χ0) is 21.5. The van der Waals surface area contributed by atoms with E-state index in [0.29, 0.717) is 6.54 Å². The molecule has 2 amide bonds. The molecule has 0 aliphatic carbocycles. The number of hydrogen-bond acceptors (Lipinski definition) is 5. The highest BCUT2D eigenvalue weighted by Crippen LogP contribution is 2.15. The van der Waals surface area contributed by atoms with Gasteiger partial charge in [0.25, 0.3) is 0 Å². The largest absolute Gasteiger partial charge is 0.354 e. The van der Waals surface area contributed by atoms with Crippen LogP contribution in [0.4, 0.5) is 0 Å². The molecule has 158 valence electrons. The highest BCUT2D eigenvalue weighted by molar-refractivity contribution is 7.89. The van der Waals surface area contributed by atoms with Crippen molar-refractivity contribution in [2.75, 3.05) is 40.3 Å². The molecule has 0 heterocycles. The molecule has 8 nitrogen and oxygen atoms in total. The molecule has 0 aliphatic rings. The van der Waals surface area contributed by atoms with Crippen LogP contribution in [-0.4, -0.2) is 65.4 Å². The first kappa shape index (κ1) is 24.1. The van der Waals surface area contributed by atoms with Crippen molar-refractivity contribution in [1.82, 2.24) is 20.3 Å². The van der Waals surface area contributed by atoms with Gasteiger partial charge in [-0.1, -0.05) is 19.9 Å². The van der Waals surface area contributed by atoms with Crippen molar-refractivity contribution < 1.29 is 18.0 Å². The van der Waals surface area contributed by atoms with E-state index in [4.69, 9.17) is 0 Å². The lowest BCUT2D eigenvalue weighted by Crippen LogP contribution is -2.45. The zero-order valence-corrected chi connectivity index (χ0v) is 18.4. The number of hydrogen-bond donors (Lipinski definition) is 3. The van der Waals surface area contributed by atoms with Gasteiger partial charge in [0.05, 0.1) is 18.0 Å². The summed E-state index contributed by atoms with van der Waals surface area (Å²) in [6.07, 6.45) is 0. The first-order valence-corrected chi connectivity index (χ1v) is 10.6. The Bertz CT molecular complexity index is 804. The number of nitrogens with zero attached hydrogens (tertiary/aromatic N) is 1. The van der Waals surface area contributed by atoms with Crippen molar-refractivity contribution in [3.05, 3.63) is 29.3 Å². The van der Waals surface area contributed by atoms with Gasteiger partial charge in [-0.3, -0.25) is 9.59 Å². The second-order valence-corrected chi connectivity index (χ2v) is 9.79. The van der Waals surface area contributed by atoms with E-state index in [2.05, 4.69) is 15.4 Å². The monoisotopic (exact) mass is 412 g/mol. The molecule has 0 fully saturated rings. The van der Waals surface area contributed by atoms with E-state index in [0.717, 1.165) is 17.7 Å². The molecule has 0 aromatic heterocycles. The van der Waals surface area contributed by atoms with Gasteiger partial charge >= 0.3 is 0 Å². The molecule has 0 atom stereocenters. The van der Waals surface area contributed by atoms with Crippen LogP contribution in [0.2, 0.25) is 0 Å². The van der Waals surface area contributed by atoms with Crippen LogP contribution >= 0.6 is 0 Å². The highest BCUT2D eigenvalue weighted by atomic mass is 32.2. The lowest BCUT2D eigenvalue weighted by Gasteiger charge is -2.28. The van der Waals surface area contributed by atoms with Crippen molar-refractivity contribution in [2.24, 2.45) is 5.41 Å². The van der Waals surface area contributed by atoms with Gasteiger partial charge < -0.3 is 15.5 Å². The van der Waals surface area contributed by atoms with Crippen LogP contribution in [0.1, 0.15) is 25.0 Å². The third-order valence-electron chi connectivity index (χ3n) is 4.17. The minimum absolute atomic E-state index is 0.101. The summed E-state index contributed by atoms with van der Waals surface area (Å²) in [4.78, 5) is 25.9. The number of sulfonamides is 1. The number of aryl methyl sites for hydroxylation is 2. The third-order valence-corrected chi connectivity index (χ3v) is 5.56. The minimum Gasteiger partial charge on any atom is -0.354 e. The molecular formula is C19H32N4O4S. The molecule has 0 unspecified atom stereocenters. The Kier molecular flexibility index (Phi) is 8.59. The second kappa shape index (κ2) is 9.99. The average Bonchev–Trinajstić information content (AvgIpc) is 2.57. The number of carbonyl (C=O) groups excluding carboxylic acids is 2. The summed E-state index contributed by atoms with van der Waals surface area (Å²) in [5, 5.41) is 5.19. The quantitative estimate of drug-likeness (QED) is 0.516. The fraction of sp³-hybridized carbons (Fsp3) is 0.579. The van der Waals surface area contributed by atoms with E-state index < -0.39 is 22.5 Å². The summed E-state index contributed by atoms with van der Waals surface area (Å²) in [5.74, 6) is -0.896. The Morgan fingerprint density at radius 2 is 1.61 bits per heavy atom. The van der Waals surface area contributed by atoms with E-state index in [1.54, 1.807) is 12.1 Å². The molecule has 0 aliphatic heterocycles. The van der Waals surface area contributed by atoms with E-state index >= 15 is 0 Å². The Labute approximate surface area is 168 Å². The number of nitrogens with one attached hydrogen (secondary N) is 3. The van der Waals surface area contributed by atoms with Crippen molar-refractivity contribution in [1.29, 1.82) is 0 Å². The average molecular weight is 413 g/mol. The van der Waals surface area contributed by atoms with Gasteiger partial charge in [-0.2, -0.15) is 0 Å². The Balaban J connectivity index is 2.44. The van der Waals surface area contributed by atoms with E-state index in [1.807, 2.05) is 46.7 Å². The SMILES string of the molecule is Cc1ccc(S(=O)(=O)NCC(=O)NCC(=O)NCC(C)(C)CN(C)C)cc1C. The predicted molar refractivity (Wildman–Crippen MR) is 109 cm³/mol. The maximum Gasteiger partial charge on any atom is 0.241 e. The summed E-state index contributed by atoms with van der Waals surface area (Å²) < 4.78 is 26.8. The third kappa shape index (κ3) is 8.37. The van der Waals surface area contributed by atoms with Crippen molar-refractivity contribution in [3.63, 3.8) is 0 Å². The Hall–Kier alpha value is -1.97.